The maximum absolute atomic E-state index is 12.9. The standard InChI is InChI=1S/C18H17FN4OS/c1-12-2-4-13(5-3-12)10-16-17(24)23(20)18(22-21-16)25-11-14-6-8-15(19)9-7-14/h2-9H,10-11,20H2,1H3. The zero-order chi connectivity index (χ0) is 17.8. The number of benzene rings is 2. The maximum Gasteiger partial charge on any atom is 0.294 e. The van der Waals surface area contributed by atoms with Crippen molar-refractivity contribution in [1.82, 2.24) is 14.9 Å². The summed E-state index contributed by atoms with van der Waals surface area (Å²) in [5, 5.41) is 8.42. The Kier molecular flexibility index (Phi) is 5.14. The number of hydrogen-bond acceptors (Lipinski definition) is 5. The molecule has 2 N–H and O–H groups in total. The molecule has 25 heavy (non-hydrogen) atoms. The van der Waals surface area contributed by atoms with E-state index in [1.807, 2.05) is 31.2 Å². The molecule has 128 valence electrons. The number of aryl methyl sites for hydroxylation is 1. The molecule has 0 amide bonds. The molecule has 0 spiro atoms. The van der Waals surface area contributed by atoms with E-state index in [2.05, 4.69) is 10.2 Å². The summed E-state index contributed by atoms with van der Waals surface area (Å²) in [7, 11) is 0. The van der Waals surface area contributed by atoms with Crippen LogP contribution in [0, 0.1) is 12.7 Å². The van der Waals surface area contributed by atoms with Gasteiger partial charge in [-0.3, -0.25) is 4.79 Å². The third-order valence-electron chi connectivity index (χ3n) is 3.70. The third-order valence-corrected chi connectivity index (χ3v) is 4.72. The van der Waals surface area contributed by atoms with Crippen LogP contribution >= 0.6 is 11.8 Å². The Morgan fingerprint density at radius 3 is 2.36 bits per heavy atom. The summed E-state index contributed by atoms with van der Waals surface area (Å²) in [6.07, 6.45) is 0.381. The molecular weight excluding hydrogens is 339 g/mol. The minimum absolute atomic E-state index is 0.287. The fourth-order valence-corrected chi connectivity index (χ4v) is 3.07. The lowest BCUT2D eigenvalue weighted by molar-refractivity contribution is 0.627. The lowest BCUT2D eigenvalue weighted by Crippen LogP contribution is -2.33. The van der Waals surface area contributed by atoms with Gasteiger partial charge in [-0.15, -0.1) is 10.2 Å². The normalized spacial score (nSPS) is 10.8. The first-order valence-electron chi connectivity index (χ1n) is 7.69. The van der Waals surface area contributed by atoms with E-state index in [4.69, 9.17) is 5.84 Å². The number of nitrogen functional groups attached to an aromatic ring is 1. The highest BCUT2D eigenvalue weighted by molar-refractivity contribution is 7.98. The van der Waals surface area contributed by atoms with Crippen LogP contribution in [-0.2, 0) is 12.2 Å². The molecule has 0 bridgehead atoms. The van der Waals surface area contributed by atoms with Gasteiger partial charge in [-0.1, -0.05) is 53.7 Å². The van der Waals surface area contributed by atoms with E-state index in [1.165, 1.54) is 23.9 Å². The zero-order valence-electron chi connectivity index (χ0n) is 13.6. The minimum Gasteiger partial charge on any atom is -0.334 e. The molecule has 5 nitrogen and oxygen atoms in total. The van der Waals surface area contributed by atoms with Gasteiger partial charge >= 0.3 is 0 Å². The SMILES string of the molecule is Cc1ccc(Cc2nnc(SCc3ccc(F)cc3)n(N)c2=O)cc1. The van der Waals surface area contributed by atoms with Crippen LogP contribution in [0.5, 0.6) is 0 Å². The van der Waals surface area contributed by atoms with Gasteiger partial charge < -0.3 is 5.84 Å². The van der Waals surface area contributed by atoms with Crippen molar-refractivity contribution in [3.63, 3.8) is 0 Å². The first-order chi connectivity index (χ1) is 12.0. The zero-order valence-corrected chi connectivity index (χ0v) is 14.5. The van der Waals surface area contributed by atoms with E-state index in [0.717, 1.165) is 21.4 Å². The Morgan fingerprint density at radius 2 is 1.68 bits per heavy atom. The van der Waals surface area contributed by atoms with Crippen molar-refractivity contribution in [1.29, 1.82) is 0 Å². The maximum atomic E-state index is 12.9. The molecule has 3 rings (SSSR count). The largest absolute Gasteiger partial charge is 0.334 e. The Balaban J connectivity index is 1.74. The average molecular weight is 356 g/mol. The van der Waals surface area contributed by atoms with Crippen LogP contribution in [0.25, 0.3) is 0 Å². The molecular formula is C18H17FN4OS. The molecule has 0 atom stereocenters. The predicted molar refractivity (Wildman–Crippen MR) is 96.4 cm³/mol. The number of nitrogens with zero attached hydrogens (tertiary/aromatic N) is 3. The predicted octanol–water partition coefficient (Wildman–Crippen LogP) is 2.68. The molecule has 3 aromatic rings. The van der Waals surface area contributed by atoms with Crippen molar-refractivity contribution in [2.24, 2.45) is 0 Å². The van der Waals surface area contributed by atoms with Gasteiger partial charge in [0.25, 0.3) is 5.56 Å². The van der Waals surface area contributed by atoms with Crippen LogP contribution in [-0.4, -0.2) is 14.9 Å². The van der Waals surface area contributed by atoms with E-state index in [-0.39, 0.29) is 11.4 Å². The number of rotatable bonds is 5. The minimum atomic E-state index is -0.364. The fourth-order valence-electron chi connectivity index (χ4n) is 2.26. The smallest absolute Gasteiger partial charge is 0.294 e. The van der Waals surface area contributed by atoms with E-state index < -0.39 is 0 Å². The van der Waals surface area contributed by atoms with Crippen molar-refractivity contribution in [2.45, 2.75) is 24.3 Å². The van der Waals surface area contributed by atoms with Gasteiger partial charge in [0.15, 0.2) is 0 Å². The van der Waals surface area contributed by atoms with Crippen LogP contribution in [0.15, 0.2) is 58.5 Å². The summed E-state index contributed by atoms with van der Waals surface area (Å²) in [6, 6.07) is 14.0. The first-order valence-corrected chi connectivity index (χ1v) is 8.68. The molecule has 2 aromatic carbocycles. The van der Waals surface area contributed by atoms with E-state index in [0.29, 0.717) is 23.0 Å². The Morgan fingerprint density at radius 1 is 1.04 bits per heavy atom. The van der Waals surface area contributed by atoms with Crippen LogP contribution in [0.3, 0.4) is 0 Å². The molecule has 0 aliphatic rings. The highest BCUT2D eigenvalue weighted by atomic mass is 32.2. The fraction of sp³-hybridized carbons (Fsp3) is 0.167. The van der Waals surface area contributed by atoms with Crippen molar-refractivity contribution >= 4 is 11.8 Å². The monoisotopic (exact) mass is 356 g/mol. The van der Waals surface area contributed by atoms with E-state index in [9.17, 15) is 9.18 Å². The van der Waals surface area contributed by atoms with Crippen molar-refractivity contribution < 1.29 is 4.39 Å². The number of hydrogen-bond donors (Lipinski definition) is 1. The van der Waals surface area contributed by atoms with Crippen LogP contribution in [0.4, 0.5) is 4.39 Å². The third kappa shape index (κ3) is 4.24. The van der Waals surface area contributed by atoms with Gasteiger partial charge in [0, 0.05) is 12.2 Å². The Labute approximate surface area is 148 Å². The lowest BCUT2D eigenvalue weighted by Gasteiger charge is -2.08. The second-order valence-electron chi connectivity index (χ2n) is 5.68. The number of halogens is 1. The molecule has 1 aromatic heterocycles. The molecule has 0 aliphatic carbocycles. The van der Waals surface area contributed by atoms with Gasteiger partial charge in [0.2, 0.25) is 5.16 Å². The average Bonchev–Trinajstić information content (AvgIpc) is 2.61. The lowest BCUT2D eigenvalue weighted by atomic mass is 10.1. The molecule has 0 saturated heterocycles. The van der Waals surface area contributed by atoms with E-state index >= 15 is 0 Å². The second kappa shape index (κ2) is 7.48. The molecule has 0 aliphatic heterocycles. The summed E-state index contributed by atoms with van der Waals surface area (Å²) in [5.74, 6) is 6.10. The first kappa shape index (κ1) is 17.2. The van der Waals surface area contributed by atoms with Crippen molar-refractivity contribution in [3.05, 3.63) is 87.1 Å². The van der Waals surface area contributed by atoms with Gasteiger partial charge in [-0.05, 0) is 30.2 Å². The summed E-state index contributed by atoms with van der Waals surface area (Å²) in [5.41, 5.74) is 2.97. The molecule has 0 fully saturated rings. The Hall–Kier alpha value is -2.67. The number of nitrogens with two attached hydrogens (primary N) is 1. The van der Waals surface area contributed by atoms with Crippen LogP contribution in [0.1, 0.15) is 22.4 Å². The summed E-state index contributed by atoms with van der Waals surface area (Å²) >= 11 is 1.28. The van der Waals surface area contributed by atoms with Crippen LogP contribution in [0.2, 0.25) is 0 Å². The molecule has 0 unspecified atom stereocenters. The summed E-state index contributed by atoms with van der Waals surface area (Å²) < 4.78 is 13.9. The topological polar surface area (TPSA) is 73.8 Å². The van der Waals surface area contributed by atoms with E-state index in [1.54, 1.807) is 12.1 Å². The summed E-state index contributed by atoms with van der Waals surface area (Å²) in [6.45, 7) is 2.00. The quantitative estimate of drug-likeness (QED) is 0.562. The molecule has 1 heterocycles. The molecule has 7 heteroatoms. The molecule has 0 radical (unpaired) electrons. The van der Waals surface area contributed by atoms with Gasteiger partial charge in [0.05, 0.1) is 0 Å². The van der Waals surface area contributed by atoms with Crippen molar-refractivity contribution in [3.8, 4) is 0 Å². The number of thioether (sulfide) groups is 1. The Bertz CT molecular complexity index is 923. The van der Waals surface area contributed by atoms with Gasteiger partial charge in [-0.2, -0.15) is 4.68 Å². The van der Waals surface area contributed by atoms with Gasteiger partial charge in [-0.25, -0.2) is 4.39 Å². The number of aromatic nitrogens is 3. The summed E-state index contributed by atoms with van der Waals surface area (Å²) in [4.78, 5) is 12.4. The second-order valence-corrected chi connectivity index (χ2v) is 6.62. The van der Waals surface area contributed by atoms with Crippen molar-refractivity contribution in [2.75, 3.05) is 5.84 Å². The van der Waals surface area contributed by atoms with Crippen LogP contribution < -0.4 is 11.4 Å². The molecule has 0 saturated carbocycles. The highest BCUT2D eigenvalue weighted by Crippen LogP contribution is 2.19. The highest BCUT2D eigenvalue weighted by Gasteiger charge is 2.11. The van der Waals surface area contributed by atoms with Gasteiger partial charge in [0.1, 0.15) is 11.5 Å².